The zero-order chi connectivity index (χ0) is 14.4. The Morgan fingerprint density at radius 3 is 2.75 bits per heavy atom. The van der Waals surface area contributed by atoms with Crippen LogP contribution in [0.1, 0.15) is 12.6 Å². The van der Waals surface area contributed by atoms with Crippen molar-refractivity contribution in [2.75, 3.05) is 12.3 Å². The Labute approximate surface area is 124 Å². The first-order valence-electron chi connectivity index (χ1n) is 6.08. The van der Waals surface area contributed by atoms with Crippen LogP contribution >= 0.6 is 23.2 Å². The Balaban J connectivity index is 2.08. The number of fused-ring (bicyclic) bond motifs is 1. The average molecular weight is 318 g/mol. The molecule has 6 nitrogen and oxygen atoms in total. The second-order valence-corrected chi connectivity index (χ2v) is 5.52. The summed E-state index contributed by atoms with van der Waals surface area (Å²) in [5.74, 6) is 0.245. The Hall–Kier alpha value is -1.05. The lowest BCUT2D eigenvalue weighted by molar-refractivity contribution is -0.0423. The van der Waals surface area contributed by atoms with Crippen LogP contribution in [-0.4, -0.2) is 38.6 Å². The topological polar surface area (TPSA) is 93.5 Å². The van der Waals surface area contributed by atoms with Crippen LogP contribution in [0.3, 0.4) is 0 Å². The van der Waals surface area contributed by atoms with Crippen LogP contribution < -0.4 is 5.73 Å². The van der Waals surface area contributed by atoms with Crippen LogP contribution in [0.15, 0.2) is 12.1 Å². The van der Waals surface area contributed by atoms with Gasteiger partial charge in [0.1, 0.15) is 12.3 Å². The number of aliphatic hydroxyl groups excluding tert-OH is 2. The lowest BCUT2D eigenvalue weighted by atomic mass is 10.2. The number of nitrogen functional groups attached to an aromatic ring is 1. The third-order valence-corrected chi connectivity index (χ3v) is 4.15. The molecule has 108 valence electrons. The molecule has 3 rings (SSSR count). The number of anilines is 1. The second kappa shape index (κ2) is 5.05. The Bertz CT molecular complexity index is 661. The number of aromatic nitrogens is 2. The van der Waals surface area contributed by atoms with Gasteiger partial charge in [-0.25, -0.2) is 4.98 Å². The van der Waals surface area contributed by atoms with E-state index in [1.807, 2.05) is 0 Å². The van der Waals surface area contributed by atoms with E-state index >= 15 is 0 Å². The van der Waals surface area contributed by atoms with E-state index in [0.29, 0.717) is 27.5 Å². The fourth-order valence-electron chi connectivity index (χ4n) is 2.45. The van der Waals surface area contributed by atoms with Crippen LogP contribution in [0.5, 0.6) is 0 Å². The number of halogens is 2. The molecular formula is C12H13Cl2N3O3. The summed E-state index contributed by atoms with van der Waals surface area (Å²) >= 11 is 12.0. The molecule has 1 aromatic heterocycles. The van der Waals surface area contributed by atoms with Crippen molar-refractivity contribution in [3.05, 3.63) is 22.2 Å². The molecule has 0 saturated carbocycles. The molecule has 1 aromatic carbocycles. The number of rotatable bonds is 2. The van der Waals surface area contributed by atoms with Crippen molar-refractivity contribution in [1.29, 1.82) is 0 Å². The maximum atomic E-state index is 9.81. The molecule has 1 aliphatic heterocycles. The fraction of sp³-hybridized carbons (Fsp3) is 0.417. The number of benzene rings is 1. The lowest BCUT2D eigenvalue weighted by Crippen LogP contribution is -2.24. The summed E-state index contributed by atoms with van der Waals surface area (Å²) in [5.41, 5.74) is 7.18. The van der Waals surface area contributed by atoms with Gasteiger partial charge in [-0.2, -0.15) is 0 Å². The first kappa shape index (κ1) is 13.9. The third kappa shape index (κ3) is 2.13. The molecule has 0 aliphatic carbocycles. The molecule has 2 aromatic rings. The summed E-state index contributed by atoms with van der Waals surface area (Å²) in [6, 6.07) is 3.28. The van der Waals surface area contributed by atoms with Crippen LogP contribution in [0.4, 0.5) is 5.95 Å². The molecule has 0 bridgehead atoms. The zero-order valence-electron chi connectivity index (χ0n) is 10.3. The van der Waals surface area contributed by atoms with Gasteiger partial charge in [-0.3, -0.25) is 4.57 Å². The van der Waals surface area contributed by atoms with Gasteiger partial charge in [-0.15, -0.1) is 0 Å². The predicted octanol–water partition coefficient (Wildman–Crippen LogP) is 1.57. The van der Waals surface area contributed by atoms with Gasteiger partial charge in [0.05, 0.1) is 33.8 Å². The van der Waals surface area contributed by atoms with Crippen molar-refractivity contribution >= 4 is 40.2 Å². The average Bonchev–Trinajstić information content (AvgIpc) is 2.90. The summed E-state index contributed by atoms with van der Waals surface area (Å²) in [4.78, 5) is 4.21. The molecule has 3 atom stereocenters. The molecule has 0 unspecified atom stereocenters. The first-order chi connectivity index (χ1) is 9.51. The quantitative estimate of drug-likeness (QED) is 0.781. The summed E-state index contributed by atoms with van der Waals surface area (Å²) in [5, 5.41) is 19.7. The standard InChI is InChI=1S/C12H13Cl2N3O3/c13-5-1-7-8(2-6(5)14)17(12(15)16-7)11-3-9(19)10(4-18)20-11/h1-2,9-11,18-19H,3-4H2,(H2,15,16)/t9-,10+,11+/m0/s1. The third-order valence-electron chi connectivity index (χ3n) is 3.43. The van der Waals surface area contributed by atoms with Gasteiger partial charge in [0.15, 0.2) is 0 Å². The number of aliphatic hydroxyl groups is 2. The molecule has 20 heavy (non-hydrogen) atoms. The van der Waals surface area contributed by atoms with Crippen LogP contribution in [0, 0.1) is 0 Å². The van der Waals surface area contributed by atoms with Crippen molar-refractivity contribution in [3.63, 3.8) is 0 Å². The van der Waals surface area contributed by atoms with Gasteiger partial charge in [0.25, 0.3) is 0 Å². The maximum absolute atomic E-state index is 9.81. The van der Waals surface area contributed by atoms with Crippen molar-refractivity contribution in [2.24, 2.45) is 0 Å². The van der Waals surface area contributed by atoms with E-state index in [2.05, 4.69) is 4.98 Å². The second-order valence-electron chi connectivity index (χ2n) is 4.71. The highest BCUT2D eigenvalue weighted by Crippen LogP contribution is 2.36. The van der Waals surface area contributed by atoms with Crippen LogP contribution in [0.2, 0.25) is 10.0 Å². The van der Waals surface area contributed by atoms with Gasteiger partial charge in [0.2, 0.25) is 5.95 Å². The molecule has 2 heterocycles. The molecule has 1 fully saturated rings. The molecule has 0 radical (unpaired) electrons. The Kier molecular flexibility index (Phi) is 3.51. The zero-order valence-corrected chi connectivity index (χ0v) is 11.8. The minimum atomic E-state index is -0.746. The highest BCUT2D eigenvalue weighted by atomic mass is 35.5. The smallest absolute Gasteiger partial charge is 0.203 e. The Morgan fingerprint density at radius 1 is 1.40 bits per heavy atom. The summed E-state index contributed by atoms with van der Waals surface area (Å²) < 4.78 is 7.24. The number of nitrogens with zero attached hydrogens (tertiary/aromatic N) is 2. The predicted molar refractivity (Wildman–Crippen MR) is 75.8 cm³/mol. The van der Waals surface area contributed by atoms with E-state index in [4.69, 9.17) is 38.8 Å². The maximum Gasteiger partial charge on any atom is 0.203 e. The lowest BCUT2D eigenvalue weighted by Gasteiger charge is -2.15. The Morgan fingerprint density at radius 2 is 2.10 bits per heavy atom. The number of ether oxygens (including phenoxy) is 1. The molecule has 0 spiro atoms. The van der Waals surface area contributed by atoms with Crippen molar-refractivity contribution in [1.82, 2.24) is 9.55 Å². The van der Waals surface area contributed by atoms with E-state index < -0.39 is 18.4 Å². The largest absolute Gasteiger partial charge is 0.394 e. The van der Waals surface area contributed by atoms with Crippen molar-refractivity contribution in [2.45, 2.75) is 24.9 Å². The first-order valence-corrected chi connectivity index (χ1v) is 6.83. The van der Waals surface area contributed by atoms with Crippen molar-refractivity contribution in [3.8, 4) is 0 Å². The summed E-state index contributed by atoms with van der Waals surface area (Å²) in [6.45, 7) is -0.253. The summed E-state index contributed by atoms with van der Waals surface area (Å²) in [7, 11) is 0. The minimum Gasteiger partial charge on any atom is -0.394 e. The molecule has 8 heteroatoms. The van der Waals surface area contributed by atoms with E-state index in [-0.39, 0.29) is 12.6 Å². The number of hydrogen-bond donors (Lipinski definition) is 3. The van der Waals surface area contributed by atoms with E-state index in [0.717, 1.165) is 0 Å². The van der Waals surface area contributed by atoms with Gasteiger partial charge in [0, 0.05) is 6.42 Å². The fourth-order valence-corrected chi connectivity index (χ4v) is 2.76. The van der Waals surface area contributed by atoms with Crippen molar-refractivity contribution < 1.29 is 14.9 Å². The van der Waals surface area contributed by atoms with E-state index in [9.17, 15) is 5.11 Å². The highest BCUT2D eigenvalue weighted by Gasteiger charge is 2.36. The van der Waals surface area contributed by atoms with E-state index in [1.54, 1.807) is 16.7 Å². The van der Waals surface area contributed by atoms with Gasteiger partial charge < -0.3 is 20.7 Å². The summed E-state index contributed by atoms with van der Waals surface area (Å²) in [6.07, 6.45) is -1.55. The molecule has 4 N–H and O–H groups in total. The van der Waals surface area contributed by atoms with Gasteiger partial charge >= 0.3 is 0 Å². The van der Waals surface area contributed by atoms with Gasteiger partial charge in [-0.05, 0) is 12.1 Å². The monoisotopic (exact) mass is 317 g/mol. The SMILES string of the molecule is Nc1nc2cc(Cl)c(Cl)cc2n1[C@H]1C[C@H](O)[C@@H](CO)O1. The van der Waals surface area contributed by atoms with Crippen LogP contribution in [-0.2, 0) is 4.74 Å². The number of nitrogens with two attached hydrogens (primary N) is 1. The molecule has 1 aliphatic rings. The van der Waals surface area contributed by atoms with E-state index in [1.165, 1.54) is 0 Å². The van der Waals surface area contributed by atoms with Crippen LogP contribution in [0.25, 0.3) is 11.0 Å². The normalized spacial score (nSPS) is 26.5. The molecular weight excluding hydrogens is 305 g/mol. The molecule has 1 saturated heterocycles. The number of imidazole rings is 1. The van der Waals surface area contributed by atoms with Gasteiger partial charge in [-0.1, -0.05) is 23.2 Å². The minimum absolute atomic E-state index is 0.245. The highest BCUT2D eigenvalue weighted by molar-refractivity contribution is 6.42. The number of hydrogen-bond acceptors (Lipinski definition) is 5. The molecule has 0 amide bonds.